The van der Waals surface area contributed by atoms with E-state index in [1.807, 2.05) is 24.3 Å². The van der Waals surface area contributed by atoms with E-state index in [0.717, 1.165) is 18.7 Å². The van der Waals surface area contributed by atoms with Crippen LogP contribution in [-0.4, -0.2) is 36.1 Å². The minimum Gasteiger partial charge on any atom is -0.372 e. The molecule has 4 nitrogen and oxygen atoms in total. The average Bonchev–Trinajstić information content (AvgIpc) is 3.31. The molecule has 2 heterocycles. The van der Waals surface area contributed by atoms with E-state index < -0.39 is 0 Å². The molecule has 0 radical (unpaired) electrons. The number of aliphatic imine (C=N–C) groups is 1. The molecular formula is C22H22ClN3OS. The van der Waals surface area contributed by atoms with Crippen molar-refractivity contribution >= 4 is 51.9 Å². The normalized spacial score (nSPS) is 20.0. The molecular weight excluding hydrogens is 390 g/mol. The summed E-state index contributed by atoms with van der Waals surface area (Å²) in [7, 11) is 1.75. The fourth-order valence-electron chi connectivity index (χ4n) is 3.43. The number of hydrogen-bond donors (Lipinski definition) is 0. The van der Waals surface area contributed by atoms with Gasteiger partial charge < -0.3 is 4.90 Å². The van der Waals surface area contributed by atoms with Crippen LogP contribution in [0, 0.1) is 6.92 Å². The largest absolute Gasteiger partial charge is 0.372 e. The van der Waals surface area contributed by atoms with Gasteiger partial charge in [-0.25, -0.2) is 4.99 Å². The van der Waals surface area contributed by atoms with Gasteiger partial charge in [-0.1, -0.05) is 29.8 Å². The number of thioether (sulfide) groups is 1. The van der Waals surface area contributed by atoms with Crippen molar-refractivity contribution < 1.29 is 4.79 Å². The minimum atomic E-state index is -0.0428. The summed E-state index contributed by atoms with van der Waals surface area (Å²) >= 11 is 7.59. The lowest BCUT2D eigenvalue weighted by Gasteiger charge is -2.18. The minimum absolute atomic E-state index is 0.0428. The average molecular weight is 412 g/mol. The number of para-hydroxylation sites is 1. The van der Waals surface area contributed by atoms with Crippen molar-refractivity contribution in [3.63, 3.8) is 0 Å². The molecule has 28 heavy (non-hydrogen) atoms. The molecule has 2 aliphatic rings. The van der Waals surface area contributed by atoms with E-state index in [9.17, 15) is 4.79 Å². The van der Waals surface area contributed by atoms with Crippen molar-refractivity contribution in [2.24, 2.45) is 4.99 Å². The van der Waals surface area contributed by atoms with Gasteiger partial charge in [-0.3, -0.25) is 9.69 Å². The van der Waals surface area contributed by atoms with Gasteiger partial charge in [0.15, 0.2) is 5.17 Å². The molecule has 2 fully saturated rings. The fourth-order valence-corrected chi connectivity index (χ4v) is 4.58. The highest BCUT2D eigenvalue weighted by Crippen LogP contribution is 2.35. The number of carbonyl (C=O) groups is 1. The Hall–Kier alpha value is -2.24. The van der Waals surface area contributed by atoms with E-state index >= 15 is 0 Å². The first-order valence-corrected chi connectivity index (χ1v) is 10.6. The maximum Gasteiger partial charge on any atom is 0.266 e. The second-order valence-corrected chi connectivity index (χ2v) is 8.47. The van der Waals surface area contributed by atoms with Gasteiger partial charge in [-0.2, -0.15) is 0 Å². The number of aryl methyl sites for hydroxylation is 1. The van der Waals surface area contributed by atoms with Gasteiger partial charge in [0.05, 0.1) is 15.6 Å². The summed E-state index contributed by atoms with van der Waals surface area (Å²) in [6.07, 6.45) is 4.48. The van der Waals surface area contributed by atoms with E-state index in [4.69, 9.17) is 11.6 Å². The summed E-state index contributed by atoms with van der Waals surface area (Å²) in [5, 5.41) is 1.21. The predicted octanol–water partition coefficient (Wildman–Crippen LogP) is 5.48. The maximum atomic E-state index is 12.7. The third kappa shape index (κ3) is 3.82. The van der Waals surface area contributed by atoms with Crippen LogP contribution < -0.4 is 4.90 Å². The predicted molar refractivity (Wildman–Crippen MR) is 120 cm³/mol. The topological polar surface area (TPSA) is 35.9 Å². The van der Waals surface area contributed by atoms with Gasteiger partial charge in [0.25, 0.3) is 5.91 Å². The molecule has 0 bridgehead atoms. The molecule has 2 aliphatic heterocycles. The second kappa shape index (κ2) is 8.02. The first-order chi connectivity index (χ1) is 13.5. The first-order valence-electron chi connectivity index (χ1n) is 9.39. The molecule has 2 aromatic carbocycles. The van der Waals surface area contributed by atoms with Crippen molar-refractivity contribution in [1.82, 2.24) is 4.90 Å². The highest BCUT2D eigenvalue weighted by atomic mass is 35.5. The van der Waals surface area contributed by atoms with Gasteiger partial charge in [0.1, 0.15) is 0 Å². The lowest BCUT2D eigenvalue weighted by molar-refractivity contribution is -0.121. The highest BCUT2D eigenvalue weighted by molar-refractivity contribution is 8.18. The Morgan fingerprint density at radius 3 is 2.61 bits per heavy atom. The van der Waals surface area contributed by atoms with Gasteiger partial charge in [0.2, 0.25) is 0 Å². The summed E-state index contributed by atoms with van der Waals surface area (Å²) in [4.78, 5) is 21.9. The van der Waals surface area contributed by atoms with Gasteiger partial charge in [-0.15, -0.1) is 0 Å². The quantitative estimate of drug-likeness (QED) is 0.627. The van der Waals surface area contributed by atoms with E-state index in [-0.39, 0.29) is 5.91 Å². The van der Waals surface area contributed by atoms with Crippen molar-refractivity contribution in [2.45, 2.75) is 19.8 Å². The molecule has 4 rings (SSSR count). The Kier molecular flexibility index (Phi) is 5.47. The molecule has 0 aromatic heterocycles. The van der Waals surface area contributed by atoms with Crippen molar-refractivity contribution in [1.29, 1.82) is 0 Å². The van der Waals surface area contributed by atoms with Crippen LogP contribution in [0.25, 0.3) is 6.08 Å². The monoisotopic (exact) mass is 411 g/mol. The number of anilines is 1. The zero-order valence-corrected chi connectivity index (χ0v) is 17.6. The molecule has 0 spiro atoms. The van der Waals surface area contributed by atoms with Gasteiger partial charge >= 0.3 is 0 Å². The number of amidine groups is 1. The lowest BCUT2D eigenvalue weighted by Crippen LogP contribution is -2.23. The zero-order chi connectivity index (χ0) is 19.7. The van der Waals surface area contributed by atoms with Gasteiger partial charge in [-0.05, 0) is 73.0 Å². The number of halogens is 1. The standard InChI is InChI=1S/C22H22ClN3OS/c1-15-13-17(26-11-5-6-12-26)10-9-16(15)14-20-21(27)25(2)22(28-20)24-19-8-4-3-7-18(19)23/h3-4,7-10,13-14H,5-6,11-12H2,1-2H3/b20-14-,24-22?. The Labute approximate surface area is 174 Å². The number of nitrogens with zero attached hydrogens (tertiary/aromatic N) is 3. The van der Waals surface area contributed by atoms with E-state index in [1.54, 1.807) is 18.0 Å². The van der Waals surface area contributed by atoms with Crippen LogP contribution in [0.5, 0.6) is 0 Å². The highest BCUT2D eigenvalue weighted by Gasteiger charge is 2.30. The Morgan fingerprint density at radius 1 is 1.14 bits per heavy atom. The van der Waals surface area contributed by atoms with E-state index in [0.29, 0.717) is 20.8 Å². The zero-order valence-electron chi connectivity index (χ0n) is 16.0. The summed E-state index contributed by atoms with van der Waals surface area (Å²) in [6.45, 7) is 4.35. The summed E-state index contributed by atoms with van der Waals surface area (Å²) < 4.78 is 0. The molecule has 6 heteroatoms. The summed E-state index contributed by atoms with van der Waals surface area (Å²) in [5.74, 6) is -0.0428. The molecule has 0 atom stereocenters. The van der Waals surface area contributed by atoms with Crippen LogP contribution in [0.4, 0.5) is 11.4 Å². The number of rotatable bonds is 3. The SMILES string of the molecule is Cc1cc(N2CCCC2)ccc1/C=C1\SC(=Nc2ccccc2Cl)N(C)C1=O. The first kappa shape index (κ1) is 19.1. The molecule has 2 saturated heterocycles. The number of hydrogen-bond acceptors (Lipinski definition) is 4. The second-order valence-electron chi connectivity index (χ2n) is 7.06. The Balaban J connectivity index is 1.60. The summed E-state index contributed by atoms with van der Waals surface area (Å²) in [5.41, 5.74) is 4.16. The van der Waals surface area contributed by atoms with Crippen LogP contribution in [0.2, 0.25) is 5.02 Å². The molecule has 2 aromatic rings. The summed E-state index contributed by atoms with van der Waals surface area (Å²) in [6, 6.07) is 13.9. The molecule has 0 unspecified atom stereocenters. The number of carbonyl (C=O) groups excluding carboxylic acids is 1. The fraction of sp³-hybridized carbons (Fsp3) is 0.273. The molecule has 0 saturated carbocycles. The number of likely N-dealkylation sites (N-methyl/N-ethyl adjacent to an activating group) is 1. The van der Waals surface area contributed by atoms with E-state index in [2.05, 4.69) is 35.0 Å². The molecule has 144 valence electrons. The number of amides is 1. The van der Waals surface area contributed by atoms with Gasteiger partial charge in [0, 0.05) is 25.8 Å². The Morgan fingerprint density at radius 2 is 1.89 bits per heavy atom. The smallest absolute Gasteiger partial charge is 0.266 e. The molecule has 0 N–H and O–H groups in total. The van der Waals surface area contributed by atoms with Crippen molar-refractivity contribution in [3.05, 3.63) is 63.5 Å². The Bertz CT molecular complexity index is 979. The maximum absolute atomic E-state index is 12.7. The van der Waals surface area contributed by atoms with Crippen LogP contribution in [0.1, 0.15) is 24.0 Å². The van der Waals surface area contributed by atoms with Crippen LogP contribution in [-0.2, 0) is 4.79 Å². The van der Waals surface area contributed by atoms with Crippen molar-refractivity contribution in [2.75, 3.05) is 25.0 Å². The van der Waals surface area contributed by atoms with Crippen LogP contribution >= 0.6 is 23.4 Å². The van der Waals surface area contributed by atoms with E-state index in [1.165, 1.54) is 35.9 Å². The van der Waals surface area contributed by atoms with Crippen LogP contribution in [0.15, 0.2) is 52.4 Å². The third-order valence-corrected chi connectivity index (χ3v) is 6.46. The lowest BCUT2D eigenvalue weighted by atomic mass is 10.1. The third-order valence-electron chi connectivity index (χ3n) is 5.08. The number of benzene rings is 2. The van der Waals surface area contributed by atoms with Crippen LogP contribution in [0.3, 0.4) is 0 Å². The van der Waals surface area contributed by atoms with Crippen molar-refractivity contribution in [3.8, 4) is 0 Å². The molecule has 1 amide bonds. The molecule has 0 aliphatic carbocycles.